The highest BCUT2D eigenvalue weighted by Crippen LogP contribution is 2.33. The molecule has 62 heavy (non-hydrogen) atoms. The second-order valence-corrected chi connectivity index (χ2v) is 15.7. The predicted molar refractivity (Wildman–Crippen MR) is 225 cm³/mol. The highest BCUT2D eigenvalue weighted by atomic mass is 16.8. The van der Waals surface area contributed by atoms with Gasteiger partial charge in [0.25, 0.3) is 11.8 Å². The fourth-order valence-corrected chi connectivity index (χ4v) is 7.99. The number of aryl methyl sites for hydroxylation is 6. The highest BCUT2D eigenvalue weighted by Gasteiger charge is 2.43. The summed E-state index contributed by atoms with van der Waals surface area (Å²) in [6.45, 7) is 12.0. The summed E-state index contributed by atoms with van der Waals surface area (Å²) in [5, 5.41) is 18.5. The molecule has 20 nitrogen and oxygen atoms in total. The first kappa shape index (κ1) is 43.4. The largest absolute Gasteiger partial charge is 0.491 e. The molecule has 5 N–H and O–H groups in total. The van der Waals surface area contributed by atoms with Gasteiger partial charge in [0.15, 0.2) is 5.79 Å². The maximum absolute atomic E-state index is 14.0. The summed E-state index contributed by atoms with van der Waals surface area (Å²) in [6.07, 6.45) is -1.15. The number of rotatable bonds is 14. The highest BCUT2D eigenvalue weighted by molar-refractivity contribution is 5.99. The number of aromatic nitrogens is 8. The van der Waals surface area contributed by atoms with Crippen molar-refractivity contribution in [3.05, 3.63) is 87.6 Å². The number of amides is 4. The Morgan fingerprint density at radius 1 is 0.758 bits per heavy atom. The Morgan fingerprint density at radius 2 is 1.27 bits per heavy atom. The minimum Gasteiger partial charge on any atom is -0.491 e. The number of benzene rings is 2. The molecule has 0 spiro atoms. The minimum atomic E-state index is -1.11. The van der Waals surface area contributed by atoms with E-state index in [1.807, 2.05) is 18.4 Å². The normalized spacial score (nSPS) is 16.9. The smallest absolute Gasteiger partial charge is 0.298 e. The van der Waals surface area contributed by atoms with Crippen molar-refractivity contribution in [1.29, 1.82) is 0 Å². The summed E-state index contributed by atoms with van der Waals surface area (Å²) in [7, 11) is 3.46. The number of aliphatic hydroxyl groups is 1. The van der Waals surface area contributed by atoms with Crippen molar-refractivity contribution in [3.8, 4) is 5.75 Å². The molecule has 20 heteroatoms. The molecule has 328 valence electrons. The minimum absolute atomic E-state index is 0.0490. The molecular formula is C42H52N12O8. The summed E-state index contributed by atoms with van der Waals surface area (Å²) in [5.41, 5.74) is 16.5. The number of nitrogens with zero attached hydrogens (tertiary/aromatic N) is 10. The van der Waals surface area contributed by atoms with Gasteiger partial charge >= 0.3 is 0 Å². The van der Waals surface area contributed by atoms with E-state index in [4.69, 9.17) is 25.7 Å². The van der Waals surface area contributed by atoms with Crippen LogP contribution in [0.1, 0.15) is 87.2 Å². The molecule has 0 aliphatic carbocycles. The number of nitrogens with two attached hydrogens (primary N) is 2. The first-order chi connectivity index (χ1) is 29.4. The van der Waals surface area contributed by atoms with E-state index in [1.54, 1.807) is 101 Å². The molecule has 0 unspecified atom stereocenters. The Balaban J connectivity index is 1.41. The molecule has 1 aliphatic rings. The zero-order chi connectivity index (χ0) is 44.8. The molecule has 2 aromatic carbocycles. The van der Waals surface area contributed by atoms with E-state index in [-0.39, 0.29) is 60.1 Å². The topological polar surface area (TPSA) is 248 Å². The van der Waals surface area contributed by atoms with Crippen molar-refractivity contribution >= 4 is 45.7 Å². The second kappa shape index (κ2) is 17.0. The molecule has 1 fully saturated rings. The van der Waals surface area contributed by atoms with Crippen LogP contribution in [0.15, 0.2) is 52.4 Å². The van der Waals surface area contributed by atoms with Crippen LogP contribution in [-0.4, -0.2) is 97.8 Å². The molecule has 7 rings (SSSR count). The molecule has 0 radical (unpaired) electrons. The molecule has 5 heterocycles. The standard InChI is InChI=1S/C42H52N12O8/c1-9-53-30(16-23(3)47-53)38(58)45-40-49(7)28-18-25(36(43)56)12-13-27(28)51(40)21-33-34(62-42(5,6)61-33)22-52-35-29(19-26(37(44)57)20-32(35)60-15-11-14-55)50(8)41(52)46-39(59)31-17-24(4)48-54(31)10-2/h12-13,16-20,33-34,55H,9-11,14-15,21-22H2,1-8H3,(H2,43,56)(H2,44,57)/b45-40+,46-41+/t33-,34-/m1/s1. The Labute approximate surface area is 355 Å². The lowest BCUT2D eigenvalue weighted by atomic mass is 10.1. The quantitative estimate of drug-likeness (QED) is 0.135. The van der Waals surface area contributed by atoms with Gasteiger partial charge in [0, 0.05) is 51.3 Å². The van der Waals surface area contributed by atoms with E-state index in [9.17, 15) is 24.3 Å². The molecule has 1 aliphatic heterocycles. The number of carbonyl (C=O) groups excluding carboxylic acids is 4. The van der Waals surface area contributed by atoms with Crippen LogP contribution >= 0.6 is 0 Å². The van der Waals surface area contributed by atoms with Crippen molar-refractivity contribution in [1.82, 2.24) is 37.8 Å². The predicted octanol–water partition coefficient (Wildman–Crippen LogP) is 1.98. The van der Waals surface area contributed by atoms with Gasteiger partial charge in [-0.15, -0.1) is 0 Å². The molecule has 2 atom stereocenters. The zero-order valence-electron chi connectivity index (χ0n) is 36.1. The van der Waals surface area contributed by atoms with Crippen LogP contribution < -0.4 is 27.4 Å². The molecule has 1 saturated heterocycles. The fraction of sp³-hybridized carbons (Fsp3) is 0.429. The first-order valence-electron chi connectivity index (χ1n) is 20.3. The van der Waals surface area contributed by atoms with Crippen LogP contribution in [-0.2, 0) is 49.7 Å². The number of hydrogen-bond acceptors (Lipinski definition) is 10. The number of carbonyl (C=O) groups is 4. The molecule has 4 amide bonds. The third-order valence-corrected chi connectivity index (χ3v) is 10.8. The summed E-state index contributed by atoms with van der Waals surface area (Å²) >= 11 is 0. The van der Waals surface area contributed by atoms with E-state index in [1.165, 1.54) is 6.07 Å². The average molecular weight is 853 g/mol. The molecular weight excluding hydrogens is 801 g/mol. The number of imidazole rings is 2. The SMILES string of the molecule is CCn1nc(C)cc1C(=O)/N=c1\n(C)c2cc(C(N)=O)ccc2n1C[C@H]1OC(C)(C)O[C@@H]1Cn1/c(=N/C(=O)c2cc(C)nn2CC)n(C)c2cc(C(N)=O)cc(OCCCO)c21. The number of aliphatic hydroxyl groups excluding tert-OH is 1. The van der Waals surface area contributed by atoms with E-state index >= 15 is 0 Å². The summed E-state index contributed by atoms with van der Waals surface area (Å²) < 4.78 is 29.6. The summed E-state index contributed by atoms with van der Waals surface area (Å²) in [6, 6.07) is 11.5. The van der Waals surface area contributed by atoms with Crippen LogP contribution in [0.2, 0.25) is 0 Å². The summed E-state index contributed by atoms with van der Waals surface area (Å²) in [4.78, 5) is 62.2. The van der Waals surface area contributed by atoms with Gasteiger partial charge in [-0.3, -0.25) is 28.5 Å². The van der Waals surface area contributed by atoms with Crippen molar-refractivity contribution in [2.45, 2.75) is 92.1 Å². The van der Waals surface area contributed by atoms with Crippen molar-refractivity contribution in [3.63, 3.8) is 0 Å². The van der Waals surface area contributed by atoms with Gasteiger partial charge in [0.1, 0.15) is 34.9 Å². The molecule has 6 aromatic rings. The Kier molecular flexibility index (Phi) is 11.9. The van der Waals surface area contributed by atoms with Gasteiger partial charge in [-0.05, 0) is 84.0 Å². The number of ether oxygens (including phenoxy) is 3. The lowest BCUT2D eigenvalue weighted by Crippen LogP contribution is -2.38. The van der Waals surface area contributed by atoms with Crippen LogP contribution in [0.3, 0.4) is 0 Å². The van der Waals surface area contributed by atoms with Crippen LogP contribution in [0.4, 0.5) is 0 Å². The lowest BCUT2D eigenvalue weighted by molar-refractivity contribution is -0.148. The van der Waals surface area contributed by atoms with Crippen LogP contribution in [0.5, 0.6) is 5.75 Å². The lowest BCUT2D eigenvalue weighted by Gasteiger charge is -2.20. The maximum atomic E-state index is 14.0. The van der Waals surface area contributed by atoms with Crippen molar-refractivity contribution in [2.24, 2.45) is 35.5 Å². The van der Waals surface area contributed by atoms with E-state index in [0.29, 0.717) is 58.7 Å². The van der Waals surface area contributed by atoms with E-state index in [2.05, 4.69) is 20.2 Å². The van der Waals surface area contributed by atoms with Crippen LogP contribution in [0, 0.1) is 13.8 Å². The maximum Gasteiger partial charge on any atom is 0.298 e. The molecule has 4 aromatic heterocycles. The number of primary amides is 2. The average Bonchev–Trinajstić information content (AvgIpc) is 4.00. The molecule has 0 saturated carbocycles. The van der Waals surface area contributed by atoms with E-state index in [0.717, 1.165) is 0 Å². The molecule has 0 bridgehead atoms. The second-order valence-electron chi connectivity index (χ2n) is 15.7. The van der Waals surface area contributed by atoms with Gasteiger partial charge in [-0.1, -0.05) is 0 Å². The van der Waals surface area contributed by atoms with Gasteiger partial charge in [0.05, 0.1) is 47.6 Å². The first-order valence-corrected chi connectivity index (χ1v) is 20.3. The Hall–Kier alpha value is -6.64. The Bertz CT molecular complexity index is 2900. The zero-order valence-corrected chi connectivity index (χ0v) is 36.1. The number of hydrogen-bond donors (Lipinski definition) is 3. The van der Waals surface area contributed by atoms with Crippen molar-refractivity contribution < 1.29 is 38.5 Å². The van der Waals surface area contributed by atoms with Gasteiger partial charge in [-0.2, -0.15) is 20.2 Å². The number of fused-ring (bicyclic) bond motifs is 2. The van der Waals surface area contributed by atoms with Crippen LogP contribution in [0.25, 0.3) is 22.1 Å². The van der Waals surface area contributed by atoms with Gasteiger partial charge < -0.3 is 49.1 Å². The van der Waals surface area contributed by atoms with Crippen molar-refractivity contribution in [2.75, 3.05) is 13.2 Å². The third-order valence-electron chi connectivity index (χ3n) is 10.8. The van der Waals surface area contributed by atoms with Gasteiger partial charge in [0.2, 0.25) is 23.1 Å². The Morgan fingerprint density at radius 3 is 1.81 bits per heavy atom. The third kappa shape index (κ3) is 8.23. The summed E-state index contributed by atoms with van der Waals surface area (Å²) in [5.74, 6) is -3.22. The fourth-order valence-electron chi connectivity index (χ4n) is 7.99. The van der Waals surface area contributed by atoms with E-state index < -0.39 is 41.6 Å². The van der Waals surface area contributed by atoms with Gasteiger partial charge in [-0.25, -0.2) is 0 Å². The monoisotopic (exact) mass is 852 g/mol.